The highest BCUT2D eigenvalue weighted by Crippen LogP contribution is 2.54. The molecule has 10 aromatic heterocycles. The lowest BCUT2D eigenvalue weighted by molar-refractivity contribution is -0.909. The van der Waals surface area contributed by atoms with E-state index in [9.17, 15) is 33.8 Å². The van der Waals surface area contributed by atoms with E-state index in [2.05, 4.69) is 87.5 Å². The van der Waals surface area contributed by atoms with Gasteiger partial charge in [-0.2, -0.15) is 23.7 Å². The normalized spacial score (nSPS) is 14.0. The highest BCUT2D eigenvalue weighted by molar-refractivity contribution is 8.28. The van der Waals surface area contributed by atoms with E-state index in [1.165, 1.54) is 27.6 Å². The molecule has 0 aliphatic carbocycles. The van der Waals surface area contributed by atoms with Crippen LogP contribution < -0.4 is 57.6 Å². The third kappa shape index (κ3) is 23.2. The molecule has 31 nitrogen and oxygen atoms in total. The van der Waals surface area contributed by atoms with Crippen LogP contribution in [-0.4, -0.2) is 172 Å². The van der Waals surface area contributed by atoms with Crippen LogP contribution in [0, 0.1) is 100 Å². The predicted octanol–water partition coefficient (Wildman–Crippen LogP) is 16.6. The number of hydrogen-bond donors (Lipinski definition) is 10. The summed E-state index contributed by atoms with van der Waals surface area (Å²) in [5, 5.41) is 54.4. The van der Waals surface area contributed by atoms with Gasteiger partial charge in [0.05, 0.1) is 145 Å². The van der Waals surface area contributed by atoms with Crippen molar-refractivity contribution in [1.29, 1.82) is 0 Å². The van der Waals surface area contributed by atoms with Gasteiger partial charge in [0.2, 0.25) is 23.3 Å². The number of pyridine rings is 5. The minimum atomic E-state index is -2.36. The minimum absolute atomic E-state index is 0.177. The number of aromatic nitrogens is 15. The van der Waals surface area contributed by atoms with Crippen LogP contribution in [0.3, 0.4) is 0 Å². The van der Waals surface area contributed by atoms with Gasteiger partial charge in [0.25, 0.3) is 0 Å². The van der Waals surface area contributed by atoms with E-state index in [1.807, 2.05) is 172 Å². The number of rotatable bonds is 22. The van der Waals surface area contributed by atoms with E-state index in [-0.39, 0.29) is 11.5 Å². The molecule has 36 heteroatoms. The first kappa shape index (κ1) is 99.5. The molecule has 127 heavy (non-hydrogen) atoms. The van der Waals surface area contributed by atoms with Crippen molar-refractivity contribution in [2.24, 2.45) is 0 Å². The molecule has 0 bridgehead atoms. The molecule has 0 aliphatic heterocycles. The lowest BCUT2D eigenvalue weighted by Crippen LogP contribution is -2.36. The molecule has 4 atom stereocenters. The SMILES string of the molecule is COc1ccc2nc(S(C)(O)Cc3c(C)c(C)c(C)c[n+]3[O-])[nH]c2c1.COc1ccc2nc(S(C)(O)Cc3c(C)c(OC)c(C)c[n+]3[O-])[nH]c2c1.COc1ccc2nc(S(C)(O)Cc3ncc(C)c(C)c3C)[nH]c2c1.COc1ccc2nc(S(C)(O)Cc3ncc(C)c(OC)c3C)[nH]c2c1.COc1ccc2nc(SCc3c(C)c(C)c(C)c[n+]3O)[nH]c2c1.C[O-].C[O-]. The monoisotopic (exact) mass is 1840 g/mol. The van der Waals surface area contributed by atoms with Gasteiger partial charge in [-0.1, -0.05) is 53.0 Å². The topological polar surface area (TPSA) is 439 Å². The minimum Gasteiger partial charge on any atom is -0.857 e. The molecule has 0 saturated carbocycles. The van der Waals surface area contributed by atoms with Gasteiger partial charge in [0.15, 0.2) is 38.2 Å². The molecule has 684 valence electrons. The second-order valence-corrected chi connectivity index (χ2v) is 42.8. The summed E-state index contributed by atoms with van der Waals surface area (Å²) in [6, 6.07) is 28.0. The van der Waals surface area contributed by atoms with Gasteiger partial charge in [-0.25, -0.2) is 24.9 Å². The van der Waals surface area contributed by atoms with E-state index < -0.39 is 41.2 Å². The fraction of sp³-hybridized carbons (Fsp3) is 0.341. The lowest BCUT2D eigenvalue weighted by Gasteiger charge is -2.27. The van der Waals surface area contributed by atoms with Crippen molar-refractivity contribution >= 4 is 108 Å². The molecule has 0 fully saturated rings. The molecule has 0 spiro atoms. The van der Waals surface area contributed by atoms with Crippen molar-refractivity contribution in [3.05, 3.63) is 233 Å². The zero-order chi connectivity index (χ0) is 93.6. The second kappa shape index (κ2) is 42.5. The Morgan fingerprint density at radius 3 is 1.01 bits per heavy atom. The number of H-pyrrole nitrogens is 5. The molecule has 0 saturated heterocycles. The van der Waals surface area contributed by atoms with Crippen LogP contribution in [0.1, 0.15) is 101 Å². The maximum Gasteiger partial charge on any atom is 0.247 e. The quantitative estimate of drug-likeness (QED) is 0.0130. The molecule has 15 aromatic rings. The summed E-state index contributed by atoms with van der Waals surface area (Å²) in [5.74, 6) is 7.18. The first-order valence-corrected chi connectivity index (χ1v) is 49.4. The number of hydrogen-bond acceptors (Lipinski definition) is 24. The molecule has 10 N–H and O–H groups in total. The van der Waals surface area contributed by atoms with E-state index >= 15 is 0 Å². The van der Waals surface area contributed by atoms with E-state index in [0.29, 0.717) is 60.8 Å². The van der Waals surface area contributed by atoms with Crippen LogP contribution in [0.5, 0.6) is 40.2 Å². The van der Waals surface area contributed by atoms with Crippen LogP contribution in [-0.2, 0) is 28.8 Å². The number of aryl methyl sites for hydroxylation is 5. The first-order valence-electron chi connectivity index (χ1n) is 39.8. The fourth-order valence-corrected chi connectivity index (χ4v) is 21.3. The number of aromatic amines is 5. The molecule has 10 heterocycles. The molecule has 15 rings (SSSR count). The Morgan fingerprint density at radius 1 is 0.339 bits per heavy atom. The van der Waals surface area contributed by atoms with Gasteiger partial charge in [-0.3, -0.25) is 15.2 Å². The summed E-state index contributed by atoms with van der Waals surface area (Å²) in [7, 11) is 3.88. The Labute approximate surface area is 751 Å². The Morgan fingerprint density at radius 2 is 0.638 bits per heavy atom. The zero-order valence-electron chi connectivity index (χ0n) is 76.8. The van der Waals surface area contributed by atoms with Crippen molar-refractivity contribution in [1.82, 2.24) is 59.8 Å². The van der Waals surface area contributed by atoms with Crippen LogP contribution >= 0.6 is 53.0 Å². The van der Waals surface area contributed by atoms with Crippen molar-refractivity contribution < 1.29 is 81.0 Å². The number of fused-ring (bicyclic) bond motifs is 5. The van der Waals surface area contributed by atoms with Gasteiger partial charge < -0.3 is 96.9 Å². The molecular formula is C91H118N15O16S5-. The van der Waals surface area contributed by atoms with Gasteiger partial charge in [0, 0.05) is 92.3 Å². The fourth-order valence-electron chi connectivity index (χ4n) is 13.9. The van der Waals surface area contributed by atoms with Gasteiger partial charge in [-0.15, -0.1) is 0 Å². The maximum atomic E-state index is 12.4. The Bertz CT molecular complexity index is 6390. The standard InChI is InChI=1S/C18H23N3O4S.2C18H23N3O3S.C18H23N3O2S.C17H20N3O2S.2CH3O/c1-11-9-21(22)16(12(2)17(11)25-4)10-26(5,23)18-19-14-7-6-13(24-3)8-15(14)20-18;1-11-9-19-16(12(2)17(11)24-4)10-25(5,22)18-20-14-7-6-13(23-3)8-15(14)21-18;1-11-9-21(22)17(13(3)12(11)2)10-25(5,23)18-19-15-7-6-14(24-4)8-16(15)20-18;1-11-9-19-17(13(3)12(11)2)10-24(5,22)18-20-15-7-6-14(23-4)8-16(15)21-18;1-10-8-20(21)16(12(3)11(10)2)9-23-17-18-14-6-5-13(22-4)7-15(14)19-17;2*1-2/h6-9,23H,10H2,1-5H3,(H,19,20);6-9,22H,10H2,1-5H3,(H,20,21);6-9,23H,10H2,1-5H3,(H,19,20);6-9,22H,10H2,1-5H3,(H,20,21);5-8,21H,9H2,1-4H3,(H,18,19);2*1H3/q;;;;+1;2*-1. The van der Waals surface area contributed by atoms with Crippen molar-refractivity contribution in [2.45, 2.75) is 145 Å². The van der Waals surface area contributed by atoms with E-state index in [0.717, 1.165) is 185 Å². The lowest BCUT2D eigenvalue weighted by atomic mass is 10.1. The number of thioether (sulfide) groups is 1. The number of imidazole rings is 5. The van der Waals surface area contributed by atoms with Gasteiger partial charge in [0.1, 0.15) is 40.2 Å². The second-order valence-electron chi connectivity index (χ2n) is 30.8. The Kier molecular flexibility index (Phi) is 33.3. The molecule has 0 amide bonds. The average Bonchev–Trinajstić information content (AvgIpc) is 1.47. The smallest absolute Gasteiger partial charge is 0.247 e. The molecule has 0 radical (unpaired) electrons. The van der Waals surface area contributed by atoms with Gasteiger partial charge >= 0.3 is 0 Å². The summed E-state index contributed by atoms with van der Waals surface area (Å²) in [5.41, 5.74) is 25.2. The van der Waals surface area contributed by atoms with Crippen molar-refractivity contribution in [3.8, 4) is 40.2 Å². The van der Waals surface area contributed by atoms with Crippen LogP contribution in [0.2, 0.25) is 0 Å². The zero-order valence-corrected chi connectivity index (χ0v) is 80.9. The summed E-state index contributed by atoms with van der Waals surface area (Å²) in [6.07, 6.45) is 15.6. The average molecular weight is 1840 g/mol. The third-order valence-corrected chi connectivity index (χ3v) is 30.4. The van der Waals surface area contributed by atoms with Crippen LogP contribution in [0.4, 0.5) is 0 Å². The summed E-state index contributed by atoms with van der Waals surface area (Å²) in [6.45, 7) is 25.7. The number of benzene rings is 5. The third-order valence-electron chi connectivity index (χ3n) is 22.0. The van der Waals surface area contributed by atoms with Crippen LogP contribution in [0.25, 0.3) is 55.2 Å². The molecular weight excluding hydrogens is 1720 g/mol. The largest absolute Gasteiger partial charge is 0.857 e. The Hall–Kier alpha value is -11.3. The number of ether oxygens (including phenoxy) is 7. The molecule has 4 unspecified atom stereocenters. The number of nitrogens with zero attached hydrogens (tertiary/aromatic N) is 10. The summed E-state index contributed by atoms with van der Waals surface area (Å²) < 4.78 is 84.3. The highest BCUT2D eigenvalue weighted by atomic mass is 32.3. The van der Waals surface area contributed by atoms with Crippen molar-refractivity contribution in [2.75, 3.05) is 89.0 Å². The maximum absolute atomic E-state index is 12.4. The molecule has 5 aromatic carbocycles. The van der Waals surface area contributed by atoms with E-state index in [1.54, 1.807) is 92.6 Å². The van der Waals surface area contributed by atoms with Gasteiger partial charge in [-0.05, 0) is 204 Å². The van der Waals surface area contributed by atoms with E-state index in [4.69, 9.17) is 43.4 Å². The highest BCUT2D eigenvalue weighted by Gasteiger charge is 2.33. The predicted molar refractivity (Wildman–Crippen MR) is 505 cm³/mol. The van der Waals surface area contributed by atoms with Crippen molar-refractivity contribution in [3.63, 3.8) is 0 Å². The summed E-state index contributed by atoms with van der Waals surface area (Å²) in [4.78, 5) is 47.9. The first-order chi connectivity index (χ1) is 60.1. The summed E-state index contributed by atoms with van der Waals surface area (Å²) >= 11 is 1.57. The number of methoxy groups -OCH3 is 7. The Balaban J connectivity index is 0.000000178. The molecule has 0 aliphatic rings. The van der Waals surface area contributed by atoms with Crippen LogP contribution in [0.15, 0.2) is 148 Å². The number of nitrogens with one attached hydrogen (secondary N) is 5.